The molecule has 0 unspecified atom stereocenters. The predicted molar refractivity (Wildman–Crippen MR) is 77.4 cm³/mol. The topological polar surface area (TPSA) is 41.1 Å². The molecule has 1 aliphatic heterocycles. The van der Waals surface area contributed by atoms with Crippen LogP contribution in [0.4, 0.5) is 5.69 Å². The molecule has 0 atom stereocenters. The van der Waals surface area contributed by atoms with E-state index >= 15 is 0 Å². The first-order valence-electron chi connectivity index (χ1n) is 7.46. The molecule has 0 saturated heterocycles. The van der Waals surface area contributed by atoms with Crippen LogP contribution in [0.1, 0.15) is 43.2 Å². The number of carbonyl (C=O) groups excluding carboxylic acids is 1. The molecule has 102 valence electrons. The Hall–Kier alpha value is -1.51. The summed E-state index contributed by atoms with van der Waals surface area (Å²) in [5, 5.41) is 6.53. The van der Waals surface area contributed by atoms with Crippen LogP contribution < -0.4 is 10.6 Å². The molecule has 1 aromatic rings. The number of nitrogens with one attached hydrogen (secondary N) is 2. The normalized spacial score (nSPS) is 18.1. The van der Waals surface area contributed by atoms with Crippen LogP contribution in [0.5, 0.6) is 0 Å². The van der Waals surface area contributed by atoms with Gasteiger partial charge in [0.25, 0.3) is 0 Å². The fourth-order valence-electron chi connectivity index (χ4n) is 3.12. The van der Waals surface area contributed by atoms with Gasteiger partial charge in [-0.1, -0.05) is 25.0 Å². The molecule has 1 aliphatic carbocycles. The van der Waals surface area contributed by atoms with E-state index in [9.17, 15) is 4.79 Å². The molecule has 3 rings (SSSR count). The zero-order chi connectivity index (χ0) is 13.1. The maximum absolute atomic E-state index is 11.9. The highest BCUT2D eigenvalue weighted by Gasteiger charge is 2.17. The summed E-state index contributed by atoms with van der Waals surface area (Å²) in [6, 6.07) is 6.99. The molecule has 19 heavy (non-hydrogen) atoms. The number of fused-ring (bicyclic) bond motifs is 1. The first-order valence-corrected chi connectivity index (χ1v) is 7.46. The highest BCUT2D eigenvalue weighted by molar-refractivity contribution is 5.76. The van der Waals surface area contributed by atoms with Crippen LogP contribution >= 0.6 is 0 Å². The van der Waals surface area contributed by atoms with E-state index in [0.29, 0.717) is 12.5 Å². The summed E-state index contributed by atoms with van der Waals surface area (Å²) in [7, 11) is 0. The van der Waals surface area contributed by atoms with Gasteiger partial charge in [-0.3, -0.25) is 4.79 Å². The third kappa shape index (κ3) is 3.09. The molecule has 1 heterocycles. The molecule has 2 N–H and O–H groups in total. The number of rotatable bonds is 4. The summed E-state index contributed by atoms with van der Waals surface area (Å²) >= 11 is 0. The number of hydrogen-bond acceptors (Lipinski definition) is 2. The van der Waals surface area contributed by atoms with Gasteiger partial charge in [-0.2, -0.15) is 0 Å². The lowest BCUT2D eigenvalue weighted by Crippen LogP contribution is -2.32. The Balaban J connectivity index is 1.50. The van der Waals surface area contributed by atoms with E-state index in [1.165, 1.54) is 29.7 Å². The smallest absolute Gasteiger partial charge is 0.220 e. The minimum Gasteiger partial charge on any atom is -0.384 e. The van der Waals surface area contributed by atoms with Crippen molar-refractivity contribution >= 4 is 11.6 Å². The summed E-state index contributed by atoms with van der Waals surface area (Å²) in [6.07, 6.45) is 7.42. The Kier molecular flexibility index (Phi) is 3.72. The van der Waals surface area contributed by atoms with Crippen molar-refractivity contribution in [3.63, 3.8) is 0 Å². The van der Waals surface area contributed by atoms with Crippen molar-refractivity contribution < 1.29 is 4.79 Å². The molecule has 1 fully saturated rings. The summed E-state index contributed by atoms with van der Waals surface area (Å²) in [5.41, 5.74) is 3.92. The van der Waals surface area contributed by atoms with Crippen molar-refractivity contribution in [3.8, 4) is 0 Å². The van der Waals surface area contributed by atoms with Crippen LogP contribution in [0.15, 0.2) is 18.2 Å². The maximum Gasteiger partial charge on any atom is 0.220 e. The van der Waals surface area contributed by atoms with Gasteiger partial charge in [-0.25, -0.2) is 0 Å². The van der Waals surface area contributed by atoms with Crippen LogP contribution in [0.3, 0.4) is 0 Å². The van der Waals surface area contributed by atoms with Crippen molar-refractivity contribution in [3.05, 3.63) is 29.3 Å². The summed E-state index contributed by atoms with van der Waals surface area (Å²) < 4.78 is 0. The van der Waals surface area contributed by atoms with Crippen LogP contribution in [0.2, 0.25) is 0 Å². The highest BCUT2D eigenvalue weighted by Crippen LogP contribution is 2.24. The van der Waals surface area contributed by atoms with E-state index in [-0.39, 0.29) is 5.91 Å². The third-order valence-corrected chi connectivity index (χ3v) is 4.25. The van der Waals surface area contributed by atoms with E-state index in [1.807, 2.05) is 0 Å². The molecule has 0 radical (unpaired) electrons. The van der Waals surface area contributed by atoms with Crippen LogP contribution in [0.25, 0.3) is 0 Å². The van der Waals surface area contributed by atoms with Gasteiger partial charge in [-0.05, 0) is 42.9 Å². The molecule has 1 aromatic carbocycles. The Morgan fingerprint density at radius 1 is 1.32 bits per heavy atom. The van der Waals surface area contributed by atoms with Gasteiger partial charge < -0.3 is 10.6 Å². The van der Waals surface area contributed by atoms with E-state index in [2.05, 4.69) is 28.8 Å². The van der Waals surface area contributed by atoms with Gasteiger partial charge in [-0.15, -0.1) is 0 Å². The summed E-state index contributed by atoms with van der Waals surface area (Å²) in [6.45, 7) is 1.04. The molecule has 0 aromatic heterocycles. The maximum atomic E-state index is 11.9. The highest BCUT2D eigenvalue weighted by atomic mass is 16.1. The van der Waals surface area contributed by atoms with Crippen molar-refractivity contribution in [2.45, 2.75) is 51.0 Å². The Labute approximate surface area is 114 Å². The summed E-state index contributed by atoms with van der Waals surface area (Å²) in [4.78, 5) is 11.9. The number of amides is 1. The molecule has 2 aliphatic rings. The van der Waals surface area contributed by atoms with Crippen molar-refractivity contribution in [1.29, 1.82) is 0 Å². The Morgan fingerprint density at radius 3 is 3.00 bits per heavy atom. The Morgan fingerprint density at radius 2 is 2.16 bits per heavy atom. The zero-order valence-electron chi connectivity index (χ0n) is 11.4. The summed E-state index contributed by atoms with van der Waals surface area (Å²) in [5.74, 6) is 0.209. The quantitative estimate of drug-likeness (QED) is 0.871. The van der Waals surface area contributed by atoms with E-state index in [1.54, 1.807) is 0 Å². The molecular weight excluding hydrogens is 236 g/mol. The molecule has 3 heteroatoms. The number of aryl methyl sites for hydroxylation is 1. The number of hydrogen-bond donors (Lipinski definition) is 2. The molecule has 1 amide bonds. The lowest BCUT2D eigenvalue weighted by atomic mass is 10.0. The lowest BCUT2D eigenvalue weighted by Gasteiger charge is -2.12. The molecule has 3 nitrogen and oxygen atoms in total. The van der Waals surface area contributed by atoms with Gasteiger partial charge in [0, 0.05) is 24.7 Å². The van der Waals surface area contributed by atoms with Crippen molar-refractivity contribution in [1.82, 2.24) is 5.32 Å². The second kappa shape index (κ2) is 5.64. The molecule has 0 spiro atoms. The van der Waals surface area contributed by atoms with Gasteiger partial charge >= 0.3 is 0 Å². The predicted octanol–water partition coefficient (Wildman–Crippen LogP) is 2.65. The molecule has 0 bridgehead atoms. The number of anilines is 1. The van der Waals surface area contributed by atoms with Gasteiger partial charge in [0.2, 0.25) is 5.91 Å². The fourth-order valence-corrected chi connectivity index (χ4v) is 3.12. The second-order valence-electron chi connectivity index (χ2n) is 5.72. The molecular formula is C16H22N2O. The lowest BCUT2D eigenvalue weighted by molar-refractivity contribution is -0.121. The number of benzene rings is 1. The van der Waals surface area contributed by atoms with Crippen LogP contribution in [-0.2, 0) is 17.6 Å². The fraction of sp³-hybridized carbons (Fsp3) is 0.562. The number of carbonyl (C=O) groups is 1. The van der Waals surface area contributed by atoms with E-state index < -0.39 is 0 Å². The average molecular weight is 258 g/mol. The van der Waals surface area contributed by atoms with E-state index in [0.717, 1.165) is 32.2 Å². The van der Waals surface area contributed by atoms with Crippen LogP contribution in [0, 0.1) is 0 Å². The SMILES string of the molecule is O=C(CCc1ccc2c(c1)NCC2)NC1CCCC1. The Bertz CT molecular complexity index is 464. The standard InChI is InChI=1S/C16H22N2O/c19-16(18-14-3-1-2-4-14)8-6-12-5-7-13-9-10-17-15(13)11-12/h5,7,11,14,17H,1-4,6,8-10H2,(H,18,19). The first kappa shape index (κ1) is 12.5. The van der Waals surface area contributed by atoms with Crippen molar-refractivity contribution in [2.75, 3.05) is 11.9 Å². The van der Waals surface area contributed by atoms with E-state index in [4.69, 9.17) is 0 Å². The third-order valence-electron chi connectivity index (χ3n) is 4.25. The minimum absolute atomic E-state index is 0.209. The van der Waals surface area contributed by atoms with Gasteiger partial charge in [0.05, 0.1) is 0 Å². The zero-order valence-corrected chi connectivity index (χ0v) is 11.4. The van der Waals surface area contributed by atoms with Crippen molar-refractivity contribution in [2.24, 2.45) is 0 Å². The van der Waals surface area contributed by atoms with Crippen LogP contribution in [-0.4, -0.2) is 18.5 Å². The monoisotopic (exact) mass is 258 g/mol. The first-order chi connectivity index (χ1) is 9.31. The minimum atomic E-state index is 0.209. The molecule has 1 saturated carbocycles. The van der Waals surface area contributed by atoms with Gasteiger partial charge in [0.15, 0.2) is 0 Å². The second-order valence-corrected chi connectivity index (χ2v) is 5.72. The average Bonchev–Trinajstić information content (AvgIpc) is 3.06. The van der Waals surface area contributed by atoms with Gasteiger partial charge in [0.1, 0.15) is 0 Å². The largest absolute Gasteiger partial charge is 0.384 e.